The van der Waals surface area contributed by atoms with E-state index in [-0.39, 0.29) is 0 Å². The van der Waals surface area contributed by atoms with Crippen LogP contribution in [0.2, 0.25) is 0 Å². The molecular weight excluding hydrogens is 238 g/mol. The van der Waals surface area contributed by atoms with Gasteiger partial charge >= 0.3 is 0 Å². The maximum absolute atomic E-state index is 4.29. The van der Waals surface area contributed by atoms with E-state index in [2.05, 4.69) is 25.6 Å². The summed E-state index contributed by atoms with van der Waals surface area (Å²) >= 11 is 0. The topological polar surface area (TPSA) is 62.7 Å². The molecule has 2 aromatic heterocycles. The highest BCUT2D eigenvalue weighted by molar-refractivity contribution is 5.83. The molecule has 0 radical (unpaired) electrons. The van der Waals surface area contributed by atoms with Crippen molar-refractivity contribution < 1.29 is 0 Å². The fraction of sp³-hybridized carbons (Fsp3) is 0.0714. The lowest BCUT2D eigenvalue weighted by atomic mass is 10.2. The third-order valence-corrected chi connectivity index (χ3v) is 2.80. The van der Waals surface area contributed by atoms with Crippen molar-refractivity contribution in [2.75, 3.05) is 17.7 Å². The molecule has 3 rings (SSSR count). The first-order valence-electron chi connectivity index (χ1n) is 5.97. The van der Waals surface area contributed by atoms with Gasteiger partial charge in [-0.1, -0.05) is 6.07 Å². The first kappa shape index (κ1) is 11.4. The third kappa shape index (κ3) is 2.44. The van der Waals surface area contributed by atoms with Gasteiger partial charge in [-0.25, -0.2) is 9.97 Å². The summed E-state index contributed by atoms with van der Waals surface area (Å²) in [5.41, 5.74) is 1.95. The van der Waals surface area contributed by atoms with Crippen molar-refractivity contribution in [3.05, 3.63) is 48.9 Å². The van der Waals surface area contributed by atoms with E-state index in [1.165, 1.54) is 6.33 Å². The maximum atomic E-state index is 4.29. The number of hydrogen-bond donors (Lipinski definition) is 2. The Hall–Kier alpha value is -2.69. The summed E-state index contributed by atoms with van der Waals surface area (Å²) < 4.78 is 0. The van der Waals surface area contributed by atoms with E-state index < -0.39 is 0 Å². The predicted octanol–water partition coefficient (Wildman–Crippen LogP) is 2.81. The van der Waals surface area contributed by atoms with Crippen molar-refractivity contribution in [3.63, 3.8) is 0 Å². The van der Waals surface area contributed by atoms with Crippen LogP contribution in [0.4, 0.5) is 17.3 Å². The molecule has 5 nitrogen and oxygen atoms in total. The molecule has 0 aliphatic heterocycles. The Morgan fingerprint density at radius 1 is 0.947 bits per heavy atom. The Kier molecular flexibility index (Phi) is 2.94. The minimum atomic E-state index is 0.752. The molecule has 3 aromatic rings. The first-order chi connectivity index (χ1) is 9.35. The first-order valence-corrected chi connectivity index (χ1v) is 5.97. The largest absolute Gasteiger partial charge is 0.373 e. The number of benzene rings is 1. The zero-order chi connectivity index (χ0) is 13.1. The van der Waals surface area contributed by atoms with Crippen LogP contribution in [-0.2, 0) is 0 Å². The normalized spacial score (nSPS) is 10.4. The van der Waals surface area contributed by atoms with Crippen molar-refractivity contribution in [1.29, 1.82) is 0 Å². The number of rotatable bonds is 3. The van der Waals surface area contributed by atoms with E-state index in [9.17, 15) is 0 Å². The fourth-order valence-electron chi connectivity index (χ4n) is 1.86. The van der Waals surface area contributed by atoms with Gasteiger partial charge < -0.3 is 10.6 Å². The van der Waals surface area contributed by atoms with Crippen molar-refractivity contribution in [3.8, 4) is 0 Å². The second kappa shape index (κ2) is 4.89. The van der Waals surface area contributed by atoms with Gasteiger partial charge in [-0.05, 0) is 24.3 Å². The van der Waals surface area contributed by atoms with E-state index in [4.69, 9.17) is 0 Å². The van der Waals surface area contributed by atoms with E-state index in [0.717, 1.165) is 28.2 Å². The smallest absolute Gasteiger partial charge is 0.135 e. The van der Waals surface area contributed by atoms with Gasteiger partial charge in [0.25, 0.3) is 0 Å². The van der Waals surface area contributed by atoms with Crippen molar-refractivity contribution in [1.82, 2.24) is 15.0 Å². The number of aromatic nitrogens is 3. The minimum Gasteiger partial charge on any atom is -0.373 e. The van der Waals surface area contributed by atoms with Gasteiger partial charge in [-0.2, -0.15) is 0 Å². The van der Waals surface area contributed by atoms with Crippen molar-refractivity contribution in [2.45, 2.75) is 0 Å². The summed E-state index contributed by atoms with van der Waals surface area (Å²) in [5.74, 6) is 1.53. The number of fused-ring (bicyclic) bond motifs is 1. The Labute approximate surface area is 110 Å². The number of anilines is 3. The van der Waals surface area contributed by atoms with Gasteiger partial charge in [-0.3, -0.25) is 4.98 Å². The van der Waals surface area contributed by atoms with Crippen LogP contribution in [0.15, 0.2) is 48.9 Å². The number of hydrogen-bond acceptors (Lipinski definition) is 5. The van der Waals surface area contributed by atoms with Crippen LogP contribution in [0.25, 0.3) is 10.9 Å². The number of nitrogens with zero attached hydrogens (tertiary/aromatic N) is 3. The molecule has 0 unspecified atom stereocenters. The summed E-state index contributed by atoms with van der Waals surface area (Å²) in [5, 5.41) is 7.33. The molecule has 0 spiro atoms. The van der Waals surface area contributed by atoms with Crippen LogP contribution in [-0.4, -0.2) is 22.0 Å². The van der Waals surface area contributed by atoms with E-state index in [0.29, 0.717) is 0 Å². The monoisotopic (exact) mass is 251 g/mol. The van der Waals surface area contributed by atoms with Crippen molar-refractivity contribution in [2.24, 2.45) is 0 Å². The number of pyridine rings is 1. The molecule has 0 aliphatic carbocycles. The van der Waals surface area contributed by atoms with Gasteiger partial charge in [0, 0.05) is 30.4 Å². The Bertz CT molecular complexity index is 711. The van der Waals surface area contributed by atoms with Crippen LogP contribution in [0.5, 0.6) is 0 Å². The van der Waals surface area contributed by atoms with Crippen LogP contribution >= 0.6 is 0 Å². The van der Waals surface area contributed by atoms with E-state index in [1.807, 2.05) is 43.4 Å². The lowest BCUT2D eigenvalue weighted by molar-refractivity contribution is 1.16. The Balaban J connectivity index is 1.92. The standard InChI is InChI=1S/C14H13N5/c1-15-13-8-14(18-9-17-13)19-11-4-5-12-10(7-11)3-2-6-16-12/h2-9H,1H3,(H2,15,17,18,19). The molecule has 2 N–H and O–H groups in total. The molecule has 0 bridgehead atoms. The Morgan fingerprint density at radius 2 is 1.84 bits per heavy atom. The average Bonchev–Trinajstić information content (AvgIpc) is 2.47. The molecule has 19 heavy (non-hydrogen) atoms. The van der Waals surface area contributed by atoms with Crippen LogP contribution in [0, 0.1) is 0 Å². The van der Waals surface area contributed by atoms with Crippen LogP contribution in [0.3, 0.4) is 0 Å². The molecular formula is C14H13N5. The Morgan fingerprint density at radius 3 is 2.74 bits per heavy atom. The molecule has 0 saturated heterocycles. The second-order valence-electron chi connectivity index (χ2n) is 4.07. The predicted molar refractivity (Wildman–Crippen MR) is 76.6 cm³/mol. The average molecular weight is 251 g/mol. The van der Waals surface area contributed by atoms with Gasteiger partial charge in [0.2, 0.25) is 0 Å². The molecule has 2 heterocycles. The summed E-state index contributed by atoms with van der Waals surface area (Å²) in [6, 6.07) is 11.8. The quantitative estimate of drug-likeness (QED) is 0.749. The van der Waals surface area contributed by atoms with Crippen LogP contribution < -0.4 is 10.6 Å². The van der Waals surface area contributed by atoms with E-state index >= 15 is 0 Å². The zero-order valence-corrected chi connectivity index (χ0v) is 10.5. The van der Waals surface area contributed by atoms with Gasteiger partial charge in [0.15, 0.2) is 0 Å². The van der Waals surface area contributed by atoms with Gasteiger partial charge in [-0.15, -0.1) is 0 Å². The van der Waals surface area contributed by atoms with E-state index in [1.54, 1.807) is 6.20 Å². The molecule has 5 heteroatoms. The third-order valence-electron chi connectivity index (χ3n) is 2.80. The summed E-state index contributed by atoms with van der Waals surface area (Å²) in [6.45, 7) is 0. The summed E-state index contributed by atoms with van der Waals surface area (Å²) in [6.07, 6.45) is 3.32. The zero-order valence-electron chi connectivity index (χ0n) is 10.5. The fourth-order valence-corrected chi connectivity index (χ4v) is 1.86. The summed E-state index contributed by atoms with van der Waals surface area (Å²) in [4.78, 5) is 12.6. The number of nitrogens with one attached hydrogen (secondary N) is 2. The van der Waals surface area contributed by atoms with Crippen LogP contribution in [0.1, 0.15) is 0 Å². The molecule has 0 amide bonds. The molecule has 0 atom stereocenters. The maximum Gasteiger partial charge on any atom is 0.135 e. The highest BCUT2D eigenvalue weighted by atomic mass is 15.1. The van der Waals surface area contributed by atoms with Crippen molar-refractivity contribution >= 4 is 28.2 Å². The molecule has 1 aromatic carbocycles. The summed E-state index contributed by atoms with van der Waals surface area (Å²) in [7, 11) is 1.83. The highest BCUT2D eigenvalue weighted by Crippen LogP contribution is 2.20. The van der Waals surface area contributed by atoms with Gasteiger partial charge in [0.05, 0.1) is 5.52 Å². The minimum absolute atomic E-state index is 0.752. The SMILES string of the molecule is CNc1cc(Nc2ccc3ncccc3c2)ncn1. The highest BCUT2D eigenvalue weighted by Gasteiger charge is 2.00. The second-order valence-corrected chi connectivity index (χ2v) is 4.07. The molecule has 94 valence electrons. The van der Waals surface area contributed by atoms with Gasteiger partial charge in [0.1, 0.15) is 18.0 Å². The lowest BCUT2D eigenvalue weighted by Gasteiger charge is -2.07. The molecule has 0 saturated carbocycles. The molecule has 0 fully saturated rings. The molecule has 0 aliphatic rings. The lowest BCUT2D eigenvalue weighted by Crippen LogP contribution is -1.97.